The smallest absolute Gasteiger partial charge is 0.264 e. The zero-order valence-electron chi connectivity index (χ0n) is 21.8. The first-order valence-electron chi connectivity index (χ1n) is 12.3. The SMILES string of the molecule is CCNC(=O)C(CC)N(Cc1c(Cl)cccc1Cl)C(=O)CN(c1ccc(C)cc1)S(=O)(=O)c1ccc(Cl)cc1. The molecule has 1 N–H and O–H groups in total. The minimum atomic E-state index is -4.19. The van der Waals surface area contributed by atoms with Gasteiger partial charge < -0.3 is 10.2 Å². The molecule has 0 aliphatic heterocycles. The molecule has 2 amide bonds. The summed E-state index contributed by atoms with van der Waals surface area (Å²) in [4.78, 5) is 28.3. The van der Waals surface area contributed by atoms with Crippen LogP contribution in [0, 0.1) is 6.92 Å². The maximum absolute atomic E-state index is 14.0. The monoisotopic (exact) mass is 609 g/mol. The van der Waals surface area contributed by atoms with Gasteiger partial charge in [-0.1, -0.05) is 65.5 Å². The molecular formula is C28H30Cl3N3O4S. The molecule has 39 heavy (non-hydrogen) atoms. The second-order valence-electron chi connectivity index (χ2n) is 8.84. The number of sulfonamides is 1. The third-order valence-corrected chi connectivity index (χ3v) is 8.88. The lowest BCUT2D eigenvalue weighted by atomic mass is 10.1. The number of benzene rings is 3. The molecule has 11 heteroatoms. The first kappa shape index (κ1) is 30.8. The number of nitrogens with one attached hydrogen (secondary N) is 1. The molecule has 1 unspecified atom stereocenters. The van der Waals surface area contributed by atoms with Crippen LogP contribution in [0.1, 0.15) is 31.4 Å². The van der Waals surface area contributed by atoms with Gasteiger partial charge in [-0.05, 0) is 68.8 Å². The lowest BCUT2D eigenvalue weighted by molar-refractivity contribution is -0.140. The van der Waals surface area contributed by atoms with Gasteiger partial charge in [-0.3, -0.25) is 13.9 Å². The zero-order valence-corrected chi connectivity index (χ0v) is 24.9. The molecule has 0 aromatic heterocycles. The summed E-state index contributed by atoms with van der Waals surface area (Å²) >= 11 is 18.8. The Kier molecular flexibility index (Phi) is 10.7. The number of carbonyl (C=O) groups is 2. The Morgan fingerprint density at radius 1 is 0.897 bits per heavy atom. The van der Waals surface area contributed by atoms with Gasteiger partial charge in [0.05, 0.1) is 10.6 Å². The van der Waals surface area contributed by atoms with E-state index in [9.17, 15) is 18.0 Å². The second-order valence-corrected chi connectivity index (χ2v) is 12.0. The quantitative estimate of drug-likeness (QED) is 0.285. The lowest BCUT2D eigenvalue weighted by Crippen LogP contribution is -2.52. The number of aryl methyl sites for hydroxylation is 1. The predicted molar refractivity (Wildman–Crippen MR) is 157 cm³/mol. The van der Waals surface area contributed by atoms with E-state index in [-0.39, 0.29) is 23.8 Å². The minimum absolute atomic E-state index is 0.0308. The molecule has 0 fully saturated rings. The van der Waals surface area contributed by atoms with Gasteiger partial charge in [0.25, 0.3) is 10.0 Å². The fourth-order valence-corrected chi connectivity index (χ4v) is 6.10. The van der Waals surface area contributed by atoms with E-state index >= 15 is 0 Å². The van der Waals surface area contributed by atoms with Crippen LogP contribution in [0.3, 0.4) is 0 Å². The van der Waals surface area contributed by atoms with Gasteiger partial charge in [-0.2, -0.15) is 0 Å². The average molecular weight is 611 g/mol. The zero-order chi connectivity index (χ0) is 28.7. The number of carbonyl (C=O) groups excluding carboxylic acids is 2. The van der Waals surface area contributed by atoms with Crippen molar-refractivity contribution in [2.45, 2.75) is 44.7 Å². The first-order chi connectivity index (χ1) is 18.5. The van der Waals surface area contributed by atoms with Gasteiger partial charge in [-0.15, -0.1) is 0 Å². The molecule has 3 rings (SSSR count). The van der Waals surface area contributed by atoms with Gasteiger partial charge in [-0.25, -0.2) is 8.42 Å². The van der Waals surface area contributed by atoms with Crippen molar-refractivity contribution >= 4 is 62.3 Å². The van der Waals surface area contributed by atoms with E-state index in [4.69, 9.17) is 34.8 Å². The van der Waals surface area contributed by atoms with Crippen molar-refractivity contribution in [2.75, 3.05) is 17.4 Å². The predicted octanol–water partition coefficient (Wildman–Crippen LogP) is 6.09. The van der Waals surface area contributed by atoms with Crippen molar-refractivity contribution in [3.8, 4) is 0 Å². The van der Waals surface area contributed by atoms with Crippen molar-refractivity contribution in [2.24, 2.45) is 0 Å². The minimum Gasteiger partial charge on any atom is -0.355 e. The first-order valence-corrected chi connectivity index (χ1v) is 14.9. The second kappa shape index (κ2) is 13.5. The molecule has 3 aromatic carbocycles. The summed E-state index contributed by atoms with van der Waals surface area (Å²) in [6, 6.07) is 16.6. The van der Waals surface area contributed by atoms with Gasteiger partial charge in [0, 0.05) is 33.7 Å². The maximum atomic E-state index is 14.0. The summed E-state index contributed by atoms with van der Waals surface area (Å²) in [6.07, 6.45) is 0.286. The van der Waals surface area contributed by atoms with Crippen LogP contribution in [-0.2, 0) is 26.2 Å². The Hall–Kier alpha value is -2.78. The van der Waals surface area contributed by atoms with E-state index in [0.717, 1.165) is 9.87 Å². The Balaban J connectivity index is 2.09. The highest BCUT2D eigenvalue weighted by molar-refractivity contribution is 7.92. The van der Waals surface area contributed by atoms with Crippen molar-refractivity contribution in [3.63, 3.8) is 0 Å². The van der Waals surface area contributed by atoms with Crippen LogP contribution in [0.5, 0.6) is 0 Å². The highest BCUT2D eigenvalue weighted by Gasteiger charge is 2.34. The van der Waals surface area contributed by atoms with E-state index in [2.05, 4.69) is 5.32 Å². The van der Waals surface area contributed by atoms with E-state index in [1.165, 1.54) is 29.2 Å². The molecule has 0 heterocycles. The fourth-order valence-electron chi connectivity index (χ4n) is 4.04. The molecule has 0 bridgehead atoms. The molecule has 0 radical (unpaired) electrons. The molecule has 0 aliphatic carbocycles. The Morgan fingerprint density at radius 2 is 1.49 bits per heavy atom. The number of rotatable bonds is 11. The van der Waals surface area contributed by atoms with Gasteiger partial charge in [0.1, 0.15) is 12.6 Å². The van der Waals surface area contributed by atoms with Gasteiger partial charge >= 0.3 is 0 Å². The van der Waals surface area contributed by atoms with E-state index in [1.54, 1.807) is 56.3 Å². The molecule has 208 valence electrons. The highest BCUT2D eigenvalue weighted by Crippen LogP contribution is 2.29. The third-order valence-electron chi connectivity index (χ3n) is 6.13. The topological polar surface area (TPSA) is 86.8 Å². The van der Waals surface area contributed by atoms with Crippen LogP contribution in [0.15, 0.2) is 71.6 Å². The van der Waals surface area contributed by atoms with Crippen molar-refractivity contribution < 1.29 is 18.0 Å². The van der Waals surface area contributed by atoms with Crippen molar-refractivity contribution in [1.29, 1.82) is 0 Å². The summed E-state index contributed by atoms with van der Waals surface area (Å²) in [6.45, 7) is 5.14. The molecule has 0 aliphatic rings. The molecule has 7 nitrogen and oxygen atoms in total. The fraction of sp³-hybridized carbons (Fsp3) is 0.286. The third kappa shape index (κ3) is 7.45. The van der Waals surface area contributed by atoms with Crippen molar-refractivity contribution in [3.05, 3.63) is 92.9 Å². The molecule has 1 atom stereocenters. The summed E-state index contributed by atoms with van der Waals surface area (Å²) in [7, 11) is -4.19. The van der Waals surface area contributed by atoms with Gasteiger partial charge in [0.15, 0.2) is 0 Å². The Bertz CT molecular complexity index is 1390. The van der Waals surface area contributed by atoms with Crippen LogP contribution in [0.4, 0.5) is 5.69 Å². The number of likely N-dealkylation sites (N-methyl/N-ethyl adjacent to an activating group) is 1. The molecular weight excluding hydrogens is 581 g/mol. The standard InChI is InChI=1S/C28H30Cl3N3O4S/c1-4-26(28(36)32-5-2)33(17-23-24(30)7-6-8-25(23)31)27(35)18-34(21-13-9-19(3)10-14-21)39(37,38)22-15-11-20(29)12-16-22/h6-16,26H,4-5,17-18H2,1-3H3,(H,32,36). The summed E-state index contributed by atoms with van der Waals surface area (Å²) in [5.41, 5.74) is 1.68. The largest absolute Gasteiger partial charge is 0.355 e. The molecule has 3 aromatic rings. The Morgan fingerprint density at radius 3 is 2.03 bits per heavy atom. The van der Waals surface area contributed by atoms with E-state index in [1.807, 2.05) is 6.92 Å². The number of hydrogen-bond acceptors (Lipinski definition) is 4. The number of anilines is 1. The number of nitrogens with zero attached hydrogens (tertiary/aromatic N) is 2. The number of hydrogen-bond donors (Lipinski definition) is 1. The Labute approximate surface area is 244 Å². The van der Waals surface area contributed by atoms with E-state index < -0.39 is 28.5 Å². The van der Waals surface area contributed by atoms with Gasteiger partial charge in [0.2, 0.25) is 11.8 Å². The van der Waals surface area contributed by atoms with Crippen LogP contribution in [-0.4, -0.2) is 44.3 Å². The van der Waals surface area contributed by atoms with Crippen LogP contribution in [0.25, 0.3) is 0 Å². The number of halogens is 3. The van der Waals surface area contributed by atoms with Crippen LogP contribution >= 0.6 is 34.8 Å². The highest BCUT2D eigenvalue weighted by atomic mass is 35.5. The molecule has 0 spiro atoms. The van der Waals surface area contributed by atoms with E-state index in [0.29, 0.717) is 32.9 Å². The van der Waals surface area contributed by atoms with Crippen molar-refractivity contribution in [1.82, 2.24) is 10.2 Å². The number of amides is 2. The normalized spacial score (nSPS) is 12.1. The summed E-state index contributed by atoms with van der Waals surface area (Å²) in [5, 5.41) is 3.79. The van der Waals surface area contributed by atoms with Crippen LogP contribution < -0.4 is 9.62 Å². The average Bonchev–Trinajstić information content (AvgIpc) is 2.89. The molecule has 0 saturated carbocycles. The maximum Gasteiger partial charge on any atom is 0.264 e. The lowest BCUT2D eigenvalue weighted by Gasteiger charge is -2.33. The molecule has 0 saturated heterocycles. The summed E-state index contributed by atoms with van der Waals surface area (Å²) in [5.74, 6) is -0.957. The van der Waals surface area contributed by atoms with Crippen LogP contribution in [0.2, 0.25) is 15.1 Å². The summed E-state index contributed by atoms with van der Waals surface area (Å²) < 4.78 is 28.7.